The Morgan fingerprint density at radius 2 is 2.25 bits per heavy atom. The van der Waals surface area contributed by atoms with Crippen LogP contribution in [0.15, 0.2) is 24.8 Å². The largest absolute Gasteiger partial charge is 0.476 e. The lowest BCUT2D eigenvalue weighted by Crippen LogP contribution is -2.08. The first-order valence-corrected chi connectivity index (χ1v) is 6.93. The van der Waals surface area contributed by atoms with Crippen molar-refractivity contribution >= 4 is 11.2 Å². The number of aliphatic hydroxyl groups excluding tert-OH is 1. The average molecular weight is 274 g/mol. The van der Waals surface area contributed by atoms with Gasteiger partial charge in [-0.3, -0.25) is 0 Å². The van der Waals surface area contributed by atoms with Gasteiger partial charge in [0.2, 0.25) is 5.88 Å². The van der Waals surface area contributed by atoms with Crippen molar-refractivity contribution in [3.8, 4) is 5.88 Å². The normalized spacial score (nSPS) is 21.7. The summed E-state index contributed by atoms with van der Waals surface area (Å²) in [5, 5.41) is 9.21. The zero-order valence-corrected chi connectivity index (χ0v) is 11.4. The van der Waals surface area contributed by atoms with Crippen molar-refractivity contribution in [1.82, 2.24) is 19.5 Å². The summed E-state index contributed by atoms with van der Waals surface area (Å²) in [6, 6.07) is 0.186. The standard InChI is InChI=1S/C14H18N4O2/c1-2-5-20-14-12-13(15-8-16-14)18(9-17-12)11-4-3-10(6-11)7-19/h3-4,8-11,19H,2,5-7H2,1H3/t10-,11+/m1/s1. The van der Waals surface area contributed by atoms with Gasteiger partial charge < -0.3 is 14.4 Å². The molecule has 0 saturated carbocycles. The zero-order valence-electron chi connectivity index (χ0n) is 11.4. The second-order valence-corrected chi connectivity index (χ2v) is 4.98. The fourth-order valence-corrected chi connectivity index (χ4v) is 2.47. The maximum absolute atomic E-state index is 9.21. The van der Waals surface area contributed by atoms with Crippen LogP contribution < -0.4 is 4.74 Å². The summed E-state index contributed by atoms with van der Waals surface area (Å²) in [5.41, 5.74) is 1.47. The van der Waals surface area contributed by atoms with Gasteiger partial charge in [0.05, 0.1) is 19.0 Å². The van der Waals surface area contributed by atoms with E-state index >= 15 is 0 Å². The van der Waals surface area contributed by atoms with Gasteiger partial charge in [-0.05, 0) is 12.8 Å². The Hall–Kier alpha value is -1.95. The Kier molecular flexibility index (Phi) is 3.64. The Morgan fingerprint density at radius 3 is 3.00 bits per heavy atom. The van der Waals surface area contributed by atoms with Crippen LogP contribution in [0.25, 0.3) is 11.2 Å². The number of aromatic nitrogens is 4. The second-order valence-electron chi connectivity index (χ2n) is 4.98. The highest BCUT2D eigenvalue weighted by atomic mass is 16.5. The van der Waals surface area contributed by atoms with E-state index in [1.807, 2.05) is 10.6 Å². The SMILES string of the molecule is CCCOc1ncnc2c1ncn2[C@H]1C=C[C@@H](CO)C1. The van der Waals surface area contributed by atoms with Crippen LogP contribution in [0.2, 0.25) is 0 Å². The molecule has 2 atom stereocenters. The Morgan fingerprint density at radius 1 is 1.35 bits per heavy atom. The number of aliphatic hydroxyl groups is 1. The van der Waals surface area contributed by atoms with E-state index in [9.17, 15) is 5.11 Å². The van der Waals surface area contributed by atoms with Crippen LogP contribution in [-0.2, 0) is 0 Å². The fraction of sp³-hybridized carbons (Fsp3) is 0.500. The smallest absolute Gasteiger partial charge is 0.245 e. The lowest BCUT2D eigenvalue weighted by Gasteiger charge is -2.12. The van der Waals surface area contributed by atoms with Crippen molar-refractivity contribution in [1.29, 1.82) is 0 Å². The molecule has 3 rings (SSSR count). The molecule has 0 unspecified atom stereocenters. The maximum atomic E-state index is 9.21. The first kappa shape index (κ1) is 13.1. The lowest BCUT2D eigenvalue weighted by atomic mass is 10.1. The van der Waals surface area contributed by atoms with Crippen LogP contribution in [0.3, 0.4) is 0 Å². The van der Waals surface area contributed by atoms with Gasteiger partial charge >= 0.3 is 0 Å². The molecule has 6 nitrogen and oxygen atoms in total. The third kappa shape index (κ3) is 2.27. The predicted octanol–water partition coefficient (Wildman–Crippen LogP) is 1.72. The van der Waals surface area contributed by atoms with E-state index < -0.39 is 0 Å². The molecule has 0 saturated heterocycles. The molecular formula is C14H18N4O2. The minimum Gasteiger partial charge on any atom is -0.476 e. The molecule has 1 aliphatic rings. The molecule has 106 valence electrons. The number of hydrogen-bond donors (Lipinski definition) is 1. The quantitative estimate of drug-likeness (QED) is 0.840. The Balaban J connectivity index is 1.92. The van der Waals surface area contributed by atoms with E-state index in [0.29, 0.717) is 18.0 Å². The predicted molar refractivity (Wildman–Crippen MR) is 74.5 cm³/mol. The number of allylic oxidation sites excluding steroid dienone is 1. The molecule has 2 aromatic rings. The first-order valence-electron chi connectivity index (χ1n) is 6.93. The van der Waals surface area contributed by atoms with E-state index in [4.69, 9.17) is 4.74 Å². The van der Waals surface area contributed by atoms with Crippen molar-refractivity contribution in [3.63, 3.8) is 0 Å². The highest BCUT2D eigenvalue weighted by molar-refractivity contribution is 5.76. The minimum absolute atomic E-state index is 0.180. The monoisotopic (exact) mass is 274 g/mol. The van der Waals surface area contributed by atoms with Gasteiger partial charge in [0.1, 0.15) is 6.33 Å². The molecule has 2 heterocycles. The number of nitrogens with zero attached hydrogens (tertiary/aromatic N) is 4. The summed E-state index contributed by atoms with van der Waals surface area (Å²) in [6.45, 7) is 2.85. The molecule has 20 heavy (non-hydrogen) atoms. The van der Waals surface area contributed by atoms with Gasteiger partial charge in [-0.15, -0.1) is 0 Å². The van der Waals surface area contributed by atoms with Crippen LogP contribution in [0, 0.1) is 5.92 Å². The van der Waals surface area contributed by atoms with E-state index in [1.54, 1.807) is 6.33 Å². The number of rotatable bonds is 5. The van der Waals surface area contributed by atoms with Gasteiger partial charge in [0.15, 0.2) is 11.2 Å². The van der Waals surface area contributed by atoms with E-state index in [2.05, 4.69) is 28.0 Å². The van der Waals surface area contributed by atoms with Gasteiger partial charge in [-0.25, -0.2) is 9.97 Å². The van der Waals surface area contributed by atoms with Crippen molar-refractivity contribution in [2.24, 2.45) is 5.92 Å². The van der Waals surface area contributed by atoms with Crippen molar-refractivity contribution in [3.05, 3.63) is 24.8 Å². The average Bonchev–Trinajstić information content (AvgIpc) is 3.10. The highest BCUT2D eigenvalue weighted by Crippen LogP contribution is 2.31. The maximum Gasteiger partial charge on any atom is 0.245 e. The number of ether oxygens (including phenoxy) is 1. The minimum atomic E-state index is 0.180. The molecule has 0 aromatic carbocycles. The van der Waals surface area contributed by atoms with Gasteiger partial charge in [0.25, 0.3) is 0 Å². The summed E-state index contributed by atoms with van der Waals surface area (Å²) < 4.78 is 7.62. The molecule has 0 aliphatic heterocycles. The Bertz CT molecular complexity index is 623. The van der Waals surface area contributed by atoms with Crippen LogP contribution >= 0.6 is 0 Å². The molecular weight excluding hydrogens is 256 g/mol. The topological polar surface area (TPSA) is 73.1 Å². The van der Waals surface area contributed by atoms with Crippen LogP contribution in [-0.4, -0.2) is 37.8 Å². The first-order chi connectivity index (χ1) is 9.83. The van der Waals surface area contributed by atoms with Gasteiger partial charge in [0, 0.05) is 12.5 Å². The summed E-state index contributed by atoms with van der Waals surface area (Å²) in [7, 11) is 0. The van der Waals surface area contributed by atoms with Crippen molar-refractivity contribution in [2.75, 3.05) is 13.2 Å². The molecule has 0 amide bonds. The lowest BCUT2D eigenvalue weighted by molar-refractivity contribution is 0.244. The summed E-state index contributed by atoms with van der Waals surface area (Å²) >= 11 is 0. The number of fused-ring (bicyclic) bond motifs is 1. The van der Waals surface area contributed by atoms with E-state index in [1.165, 1.54) is 6.33 Å². The molecule has 1 aliphatic carbocycles. The Labute approximate surface area is 117 Å². The summed E-state index contributed by atoms with van der Waals surface area (Å²) in [6.07, 6.45) is 9.22. The molecule has 0 bridgehead atoms. The van der Waals surface area contributed by atoms with Gasteiger partial charge in [-0.1, -0.05) is 19.1 Å². The van der Waals surface area contributed by atoms with Crippen LogP contribution in [0.4, 0.5) is 0 Å². The molecule has 0 radical (unpaired) electrons. The third-order valence-electron chi connectivity index (χ3n) is 3.51. The van der Waals surface area contributed by atoms with E-state index in [-0.39, 0.29) is 18.6 Å². The number of imidazole rings is 1. The molecule has 1 N–H and O–H groups in total. The molecule has 0 fully saturated rings. The fourth-order valence-electron chi connectivity index (χ4n) is 2.47. The molecule has 0 spiro atoms. The zero-order chi connectivity index (χ0) is 13.9. The van der Waals surface area contributed by atoms with E-state index in [0.717, 1.165) is 18.5 Å². The number of hydrogen-bond acceptors (Lipinski definition) is 5. The van der Waals surface area contributed by atoms with Crippen molar-refractivity contribution in [2.45, 2.75) is 25.8 Å². The highest BCUT2D eigenvalue weighted by Gasteiger charge is 2.22. The molecule has 6 heteroatoms. The van der Waals surface area contributed by atoms with Gasteiger partial charge in [-0.2, -0.15) is 4.98 Å². The summed E-state index contributed by atoms with van der Waals surface area (Å²) in [5.74, 6) is 0.756. The molecule has 2 aromatic heterocycles. The summed E-state index contributed by atoms with van der Waals surface area (Å²) in [4.78, 5) is 12.9. The van der Waals surface area contributed by atoms with Crippen LogP contribution in [0.5, 0.6) is 5.88 Å². The van der Waals surface area contributed by atoms with Crippen molar-refractivity contribution < 1.29 is 9.84 Å². The van der Waals surface area contributed by atoms with Crippen LogP contribution in [0.1, 0.15) is 25.8 Å². The third-order valence-corrected chi connectivity index (χ3v) is 3.51. The second kappa shape index (κ2) is 5.58.